The van der Waals surface area contributed by atoms with Crippen LogP contribution in [0.5, 0.6) is 17.2 Å². The van der Waals surface area contributed by atoms with Crippen molar-refractivity contribution < 1.29 is 19.1 Å². The quantitative estimate of drug-likeness (QED) is 0.370. The fraction of sp³-hybridized carbons (Fsp3) is 0.118. The fourth-order valence-electron chi connectivity index (χ4n) is 2.33. The Hall–Kier alpha value is -3.53. The molecule has 1 heterocycles. The minimum Gasteiger partial charge on any atom is -0.496 e. The van der Waals surface area contributed by atoms with E-state index in [1.807, 2.05) is 0 Å². The Balaban J connectivity index is 2.02. The van der Waals surface area contributed by atoms with Gasteiger partial charge in [0.1, 0.15) is 5.75 Å². The smallest absolute Gasteiger partial charge is 0.269 e. The number of nitriles is 1. The summed E-state index contributed by atoms with van der Waals surface area (Å²) in [4.78, 5) is 10.2. The molecular formula is C17H12N2O5. The second kappa shape index (κ2) is 6.30. The molecule has 0 radical (unpaired) electrons. The van der Waals surface area contributed by atoms with Crippen molar-refractivity contribution in [2.45, 2.75) is 0 Å². The van der Waals surface area contributed by atoms with Crippen molar-refractivity contribution in [3.8, 4) is 23.3 Å². The topological polar surface area (TPSA) is 94.6 Å². The second-order valence-corrected chi connectivity index (χ2v) is 4.92. The number of rotatable bonds is 4. The lowest BCUT2D eigenvalue weighted by Crippen LogP contribution is -1.92. The highest BCUT2D eigenvalue weighted by molar-refractivity contribution is 5.91. The molecule has 0 aromatic heterocycles. The monoisotopic (exact) mass is 324 g/mol. The molecule has 0 saturated heterocycles. The van der Waals surface area contributed by atoms with Gasteiger partial charge in [-0.2, -0.15) is 5.26 Å². The predicted molar refractivity (Wildman–Crippen MR) is 85.7 cm³/mol. The first-order valence-corrected chi connectivity index (χ1v) is 6.96. The number of non-ortho nitro benzene ring substituents is 1. The Morgan fingerprint density at radius 2 is 1.96 bits per heavy atom. The molecule has 3 rings (SSSR count). The zero-order chi connectivity index (χ0) is 17.1. The first-order valence-electron chi connectivity index (χ1n) is 6.96. The van der Waals surface area contributed by atoms with Crippen LogP contribution in [0.4, 0.5) is 5.69 Å². The summed E-state index contributed by atoms with van der Waals surface area (Å²) in [5.41, 5.74) is 1.54. The number of hydrogen-bond donors (Lipinski definition) is 0. The van der Waals surface area contributed by atoms with E-state index in [-0.39, 0.29) is 12.5 Å². The van der Waals surface area contributed by atoms with Gasteiger partial charge in [-0.25, -0.2) is 0 Å². The van der Waals surface area contributed by atoms with Gasteiger partial charge in [-0.05, 0) is 29.8 Å². The number of nitrogens with zero attached hydrogens (tertiary/aromatic N) is 2. The lowest BCUT2D eigenvalue weighted by atomic mass is 10.0. The zero-order valence-electron chi connectivity index (χ0n) is 12.7. The van der Waals surface area contributed by atoms with E-state index in [0.29, 0.717) is 33.9 Å². The average Bonchev–Trinajstić information content (AvgIpc) is 3.06. The van der Waals surface area contributed by atoms with Crippen molar-refractivity contribution in [3.63, 3.8) is 0 Å². The Morgan fingerprint density at radius 3 is 2.54 bits per heavy atom. The molecule has 120 valence electrons. The number of ether oxygens (including phenoxy) is 3. The van der Waals surface area contributed by atoms with Crippen LogP contribution in [0.2, 0.25) is 0 Å². The van der Waals surface area contributed by atoms with Gasteiger partial charge >= 0.3 is 0 Å². The Kier molecular flexibility index (Phi) is 4.03. The van der Waals surface area contributed by atoms with Crippen molar-refractivity contribution in [1.29, 1.82) is 5.26 Å². The maximum absolute atomic E-state index is 10.7. The molecule has 0 aliphatic carbocycles. The van der Waals surface area contributed by atoms with E-state index in [0.717, 1.165) is 0 Å². The van der Waals surface area contributed by atoms with Crippen LogP contribution >= 0.6 is 0 Å². The van der Waals surface area contributed by atoms with Gasteiger partial charge in [0.2, 0.25) is 6.79 Å². The second-order valence-electron chi connectivity index (χ2n) is 4.92. The standard InChI is InChI=1S/C17H12N2O5/c1-22-15-8-17-16(23-10-24-17)7-12(15)6-13(9-18)11-2-4-14(5-3-11)19(20)21/h2-8H,10H2,1H3/b13-6+. The third kappa shape index (κ3) is 2.85. The maximum Gasteiger partial charge on any atom is 0.269 e. The highest BCUT2D eigenvalue weighted by Crippen LogP contribution is 2.39. The van der Waals surface area contributed by atoms with Gasteiger partial charge < -0.3 is 14.2 Å². The minimum atomic E-state index is -0.486. The Labute approximate surface area is 137 Å². The van der Waals surface area contributed by atoms with Crippen LogP contribution in [-0.2, 0) is 0 Å². The molecule has 2 aromatic carbocycles. The SMILES string of the molecule is COc1cc2c(cc1/C=C(\C#N)c1ccc([N+](=O)[O-])cc1)OCO2. The van der Waals surface area contributed by atoms with E-state index in [1.54, 1.807) is 18.2 Å². The lowest BCUT2D eigenvalue weighted by molar-refractivity contribution is -0.384. The summed E-state index contributed by atoms with van der Waals surface area (Å²) < 4.78 is 16.0. The first-order chi connectivity index (χ1) is 11.6. The molecule has 0 saturated carbocycles. The summed E-state index contributed by atoms with van der Waals surface area (Å²) in [6.45, 7) is 0.138. The zero-order valence-corrected chi connectivity index (χ0v) is 12.7. The molecule has 0 fully saturated rings. The van der Waals surface area contributed by atoms with Crippen molar-refractivity contribution in [2.24, 2.45) is 0 Å². The predicted octanol–water partition coefficient (Wildman–Crippen LogP) is 3.40. The summed E-state index contributed by atoms with van der Waals surface area (Å²) in [6.07, 6.45) is 1.64. The molecule has 2 aromatic rings. The van der Waals surface area contributed by atoms with Gasteiger partial charge in [0.25, 0.3) is 5.69 Å². The molecule has 1 aliphatic heterocycles. The summed E-state index contributed by atoms with van der Waals surface area (Å²) in [7, 11) is 1.52. The average molecular weight is 324 g/mol. The largest absolute Gasteiger partial charge is 0.496 e. The van der Waals surface area contributed by atoms with Crippen LogP contribution in [0.15, 0.2) is 36.4 Å². The van der Waals surface area contributed by atoms with Crippen molar-refractivity contribution >= 4 is 17.3 Å². The number of benzene rings is 2. The van der Waals surface area contributed by atoms with Crippen LogP contribution in [-0.4, -0.2) is 18.8 Å². The van der Waals surface area contributed by atoms with E-state index < -0.39 is 4.92 Å². The third-order valence-electron chi connectivity index (χ3n) is 3.53. The number of allylic oxidation sites excluding steroid dienone is 1. The van der Waals surface area contributed by atoms with Gasteiger partial charge in [-0.1, -0.05) is 0 Å². The van der Waals surface area contributed by atoms with Gasteiger partial charge in [-0.3, -0.25) is 10.1 Å². The van der Waals surface area contributed by atoms with Crippen molar-refractivity contribution in [3.05, 3.63) is 57.6 Å². The van der Waals surface area contributed by atoms with Crippen LogP contribution < -0.4 is 14.2 Å². The lowest BCUT2D eigenvalue weighted by Gasteiger charge is -2.07. The molecule has 24 heavy (non-hydrogen) atoms. The van der Waals surface area contributed by atoms with E-state index in [2.05, 4.69) is 6.07 Å². The molecule has 7 heteroatoms. The van der Waals surface area contributed by atoms with E-state index >= 15 is 0 Å². The summed E-state index contributed by atoms with van der Waals surface area (Å²) in [5.74, 6) is 1.69. The summed E-state index contributed by atoms with van der Waals surface area (Å²) in [5, 5.41) is 20.1. The van der Waals surface area contributed by atoms with Gasteiger partial charge in [0, 0.05) is 23.8 Å². The number of hydrogen-bond acceptors (Lipinski definition) is 6. The normalized spacial score (nSPS) is 12.6. The third-order valence-corrected chi connectivity index (χ3v) is 3.53. The van der Waals surface area contributed by atoms with E-state index in [4.69, 9.17) is 14.2 Å². The number of methoxy groups -OCH3 is 1. The molecule has 0 N–H and O–H groups in total. The van der Waals surface area contributed by atoms with Crippen molar-refractivity contribution in [1.82, 2.24) is 0 Å². The number of nitro benzene ring substituents is 1. The highest BCUT2D eigenvalue weighted by atomic mass is 16.7. The molecule has 7 nitrogen and oxygen atoms in total. The summed E-state index contributed by atoms with van der Waals surface area (Å²) in [6, 6.07) is 11.3. The first kappa shape index (κ1) is 15.4. The highest BCUT2D eigenvalue weighted by Gasteiger charge is 2.17. The van der Waals surface area contributed by atoms with Crippen LogP contribution in [0.25, 0.3) is 11.6 Å². The van der Waals surface area contributed by atoms with Crippen molar-refractivity contribution in [2.75, 3.05) is 13.9 Å². The maximum atomic E-state index is 10.7. The van der Waals surface area contributed by atoms with Gasteiger partial charge in [0.15, 0.2) is 11.5 Å². The molecule has 0 amide bonds. The Bertz CT molecular complexity index is 866. The minimum absolute atomic E-state index is 0.0308. The van der Waals surface area contributed by atoms with Crippen LogP contribution in [0.3, 0.4) is 0 Å². The number of nitro groups is 1. The molecule has 0 atom stereocenters. The molecule has 0 unspecified atom stereocenters. The van der Waals surface area contributed by atoms with Gasteiger partial charge in [0.05, 0.1) is 23.7 Å². The van der Waals surface area contributed by atoms with E-state index in [1.165, 1.54) is 31.4 Å². The molecular weight excluding hydrogens is 312 g/mol. The van der Waals surface area contributed by atoms with E-state index in [9.17, 15) is 15.4 Å². The summed E-state index contributed by atoms with van der Waals surface area (Å²) >= 11 is 0. The molecule has 0 bridgehead atoms. The molecule has 1 aliphatic rings. The Morgan fingerprint density at radius 1 is 1.29 bits per heavy atom. The molecule has 0 spiro atoms. The number of fused-ring (bicyclic) bond motifs is 1. The van der Waals surface area contributed by atoms with Crippen LogP contribution in [0.1, 0.15) is 11.1 Å². The fourth-order valence-corrected chi connectivity index (χ4v) is 2.33. The van der Waals surface area contributed by atoms with Crippen LogP contribution in [0, 0.1) is 21.4 Å². The van der Waals surface area contributed by atoms with Gasteiger partial charge in [-0.15, -0.1) is 0 Å².